The van der Waals surface area contributed by atoms with E-state index >= 15 is 0 Å². The van der Waals surface area contributed by atoms with Crippen LogP contribution in [-0.2, 0) is 76.2 Å². The summed E-state index contributed by atoms with van der Waals surface area (Å²) in [6, 6.07) is 0. The normalized spacial score (nSPS) is 52.4. The summed E-state index contributed by atoms with van der Waals surface area (Å²) in [4.78, 5) is 13.8. The van der Waals surface area contributed by atoms with E-state index in [-0.39, 0.29) is 41.8 Å². The second-order valence-corrected chi connectivity index (χ2v) is 26.6. The van der Waals surface area contributed by atoms with Crippen molar-refractivity contribution in [2.75, 3.05) is 33.5 Å². The van der Waals surface area contributed by atoms with Gasteiger partial charge in [-0.25, -0.2) is 4.18 Å². The van der Waals surface area contributed by atoms with Gasteiger partial charge in [-0.1, -0.05) is 51.5 Å². The van der Waals surface area contributed by atoms with Crippen molar-refractivity contribution in [1.82, 2.24) is 0 Å². The molecule has 474 valence electrons. The van der Waals surface area contributed by atoms with Crippen LogP contribution in [0.4, 0.5) is 0 Å². The summed E-state index contributed by atoms with van der Waals surface area (Å²) in [6.45, 7) is 13.5. The van der Waals surface area contributed by atoms with Crippen LogP contribution in [0.1, 0.15) is 80.1 Å². The van der Waals surface area contributed by atoms with Gasteiger partial charge in [0.05, 0.1) is 44.1 Å². The van der Waals surface area contributed by atoms with Gasteiger partial charge < -0.3 is 113 Å². The highest BCUT2D eigenvalue weighted by Gasteiger charge is 2.76. The smallest absolute Gasteiger partial charge is 0.397 e. The first-order valence-corrected chi connectivity index (χ1v) is 29.9. The van der Waals surface area contributed by atoms with E-state index in [1.165, 1.54) is 19.6 Å². The van der Waals surface area contributed by atoms with Crippen molar-refractivity contribution in [3.05, 3.63) is 23.8 Å². The standard InChI is InChI=1S/C54H84O28S/c1-20(2)31-25-15-53(7)23-9-10-29-51(4,5)30(12-13-52(29,6)22(23)11-14-54(31,53)50(66)76-25)77-48-43(34(60)28(19-72-48)82-83(67,68)69)81-49-44(80-46-36(62)35(61)32(58)26(16-55)74-46)37(63)40(21(3)73-49)78-47-39(65)42(33(59)27(17-56)75-47)79-45-38(64)41(70-8)24(57)18-71-45/h9,21-22,24-49,55-65H,1,10-19H2,2-8H3,(H,67,68,69)/t21-,22+,24-,25-,26-,27-,28-,29+,30+,31+,32-,33-,34+,35+,36-,37+,38-,39-,40-,41+,42+,43-,44-,45+,46+,47+,48+,49+,52-,53+,54-/m1/s1. The molecule has 83 heavy (non-hydrogen) atoms. The topological polar surface area (TPSA) is 414 Å². The van der Waals surface area contributed by atoms with E-state index in [1.54, 1.807) is 0 Å². The van der Waals surface area contributed by atoms with Crippen LogP contribution >= 0.6 is 0 Å². The highest BCUT2D eigenvalue weighted by molar-refractivity contribution is 7.80. The minimum Gasteiger partial charge on any atom is -0.461 e. The molecule has 10 rings (SSSR count). The number of allylic oxidation sites excluding steroid dienone is 2. The second-order valence-electron chi connectivity index (χ2n) is 25.5. The minimum atomic E-state index is -5.26. The number of hydrogen-bond acceptors (Lipinski definition) is 27. The molecule has 28 nitrogen and oxygen atoms in total. The van der Waals surface area contributed by atoms with Gasteiger partial charge in [-0.3, -0.25) is 9.35 Å². The number of carbonyl (C=O) groups excluding carboxylic acids is 1. The molecule has 9 fully saturated rings. The van der Waals surface area contributed by atoms with Crippen LogP contribution in [0.25, 0.3) is 0 Å². The first-order valence-electron chi connectivity index (χ1n) is 28.5. The van der Waals surface area contributed by atoms with E-state index in [1.807, 2.05) is 6.92 Å². The molecule has 2 bridgehead atoms. The summed E-state index contributed by atoms with van der Waals surface area (Å²) in [6.07, 6.45) is -35.4. The van der Waals surface area contributed by atoms with Crippen molar-refractivity contribution >= 4 is 16.4 Å². The molecule has 31 atom stereocenters. The van der Waals surface area contributed by atoms with Gasteiger partial charge in [0, 0.05) is 18.4 Å². The Morgan fingerprint density at radius 3 is 1.94 bits per heavy atom. The molecular weight excluding hydrogens is 1130 g/mol. The lowest BCUT2D eigenvalue weighted by atomic mass is 9.40. The Morgan fingerprint density at radius 2 is 1.29 bits per heavy atom. The van der Waals surface area contributed by atoms with Crippen LogP contribution in [0, 0.1) is 39.4 Å². The maximum absolute atomic E-state index is 13.8. The number of aliphatic hydroxyl groups is 11. The summed E-state index contributed by atoms with van der Waals surface area (Å²) in [5.41, 5.74) is 0.167. The average molecular weight is 1210 g/mol. The fourth-order valence-corrected chi connectivity index (χ4v) is 16.9. The van der Waals surface area contributed by atoms with Gasteiger partial charge >= 0.3 is 16.4 Å². The van der Waals surface area contributed by atoms with Gasteiger partial charge in [0.1, 0.15) is 110 Å². The summed E-state index contributed by atoms with van der Waals surface area (Å²) in [5, 5.41) is 122. The molecule has 0 radical (unpaired) electrons. The highest BCUT2D eigenvalue weighted by Crippen LogP contribution is 2.76. The highest BCUT2D eigenvalue weighted by atomic mass is 32.3. The van der Waals surface area contributed by atoms with Gasteiger partial charge in [0.2, 0.25) is 0 Å². The molecule has 6 heterocycles. The molecule has 4 aliphatic carbocycles. The molecule has 10 aliphatic rings. The van der Waals surface area contributed by atoms with E-state index < -0.39 is 194 Å². The van der Waals surface area contributed by atoms with Crippen molar-refractivity contribution in [1.29, 1.82) is 0 Å². The molecule has 1 spiro atoms. The molecule has 0 aromatic carbocycles. The Hall–Kier alpha value is -2.06. The second kappa shape index (κ2) is 23.7. The van der Waals surface area contributed by atoms with Gasteiger partial charge in [0.15, 0.2) is 31.5 Å². The lowest BCUT2D eigenvalue weighted by Crippen LogP contribution is -2.68. The number of esters is 1. The zero-order valence-corrected chi connectivity index (χ0v) is 48.1. The van der Waals surface area contributed by atoms with Crippen LogP contribution in [0.15, 0.2) is 23.8 Å². The van der Waals surface area contributed by atoms with Crippen molar-refractivity contribution in [3.8, 4) is 0 Å². The van der Waals surface area contributed by atoms with Crippen LogP contribution in [0.3, 0.4) is 0 Å². The molecule has 0 aromatic rings. The summed E-state index contributed by atoms with van der Waals surface area (Å²) in [5.74, 6) is -0.120. The first-order chi connectivity index (χ1) is 39.0. The Bertz CT molecular complexity index is 2490. The fraction of sp³-hybridized carbons (Fsp3) is 0.907. The zero-order valence-electron chi connectivity index (χ0n) is 47.3. The lowest BCUT2D eigenvalue weighted by Gasteiger charge is -2.64. The maximum Gasteiger partial charge on any atom is 0.397 e. The number of hydrogen-bond donors (Lipinski definition) is 12. The fourth-order valence-electron chi connectivity index (χ4n) is 16.4. The summed E-state index contributed by atoms with van der Waals surface area (Å²) in [7, 11) is -4.04. The SMILES string of the molecule is C=C(C)[C@H]1[C@H]2C[C@@]3(C)C4=CC[C@H]5C(C)(C)[C@@H](O[C@@H]6OC[C@@H](OS(=O)(=O)O)[C@H](O)[C@H]6O[C@@H]6O[C@H](C)[C@@H](O[C@@H]7O[C@H](CO)[C@@H](O)[C@H](O[C@@H]8OC[C@@H](O)[C@H](OC)[C@H]8O)[C@H]7O)[C@H](O)[C@H]6O[C@@H]6O[C@H](CO)[C@@H](O)[C@H](O)[C@H]6O)CC[C@]5(C)[C@H]4CC[C@]13C(=O)O2. The van der Waals surface area contributed by atoms with Crippen LogP contribution in [0.2, 0.25) is 0 Å². The van der Waals surface area contributed by atoms with Crippen molar-refractivity contribution in [3.63, 3.8) is 0 Å². The maximum atomic E-state index is 13.8. The molecule has 12 N–H and O–H groups in total. The van der Waals surface area contributed by atoms with Crippen molar-refractivity contribution < 1.29 is 135 Å². The molecule has 6 aliphatic heterocycles. The van der Waals surface area contributed by atoms with E-state index in [4.69, 9.17) is 61.0 Å². The Morgan fingerprint density at radius 1 is 0.687 bits per heavy atom. The first kappa shape index (κ1) is 63.9. The Kier molecular flexibility index (Phi) is 18.3. The van der Waals surface area contributed by atoms with Crippen LogP contribution in [0.5, 0.6) is 0 Å². The molecule has 6 saturated heterocycles. The summed E-state index contributed by atoms with van der Waals surface area (Å²) < 4.78 is 111. The van der Waals surface area contributed by atoms with Gasteiger partial charge in [-0.15, -0.1) is 0 Å². The predicted molar refractivity (Wildman–Crippen MR) is 274 cm³/mol. The van der Waals surface area contributed by atoms with E-state index in [0.29, 0.717) is 32.1 Å². The monoisotopic (exact) mass is 1210 g/mol. The number of ether oxygens (including phenoxy) is 12. The zero-order chi connectivity index (χ0) is 60.4. The van der Waals surface area contributed by atoms with E-state index in [2.05, 4.69) is 40.3 Å². The molecule has 0 aromatic heterocycles. The third-order valence-electron chi connectivity index (χ3n) is 20.6. The lowest BCUT2D eigenvalue weighted by molar-refractivity contribution is -0.405. The Labute approximate surface area is 480 Å². The third kappa shape index (κ3) is 10.8. The Balaban J connectivity index is 0.924. The number of methoxy groups -OCH3 is 1. The molecular formula is C54H84O28S. The number of fused-ring (bicyclic) bond motifs is 5. The molecule has 0 unspecified atom stereocenters. The van der Waals surface area contributed by atoms with Gasteiger partial charge in [0.25, 0.3) is 0 Å². The largest absolute Gasteiger partial charge is 0.461 e. The van der Waals surface area contributed by atoms with Crippen molar-refractivity contribution in [2.45, 2.75) is 234 Å². The third-order valence-corrected chi connectivity index (χ3v) is 21.1. The van der Waals surface area contributed by atoms with E-state index in [9.17, 15) is 73.9 Å². The average Bonchev–Trinajstić information content (AvgIpc) is 1.89. The minimum absolute atomic E-state index is 0.00861. The number of carbonyl (C=O) groups is 1. The quantitative estimate of drug-likeness (QED) is 0.0415. The van der Waals surface area contributed by atoms with Crippen molar-refractivity contribution in [2.24, 2.45) is 39.4 Å². The molecule has 0 amide bonds. The molecule has 3 saturated carbocycles. The summed E-state index contributed by atoms with van der Waals surface area (Å²) >= 11 is 0. The number of rotatable bonds is 16. The number of aliphatic hydroxyl groups excluding tert-OH is 11. The van der Waals surface area contributed by atoms with Crippen LogP contribution < -0.4 is 0 Å². The van der Waals surface area contributed by atoms with Gasteiger partial charge in [-0.2, -0.15) is 8.42 Å². The van der Waals surface area contributed by atoms with Gasteiger partial charge in [-0.05, 0) is 75.0 Å². The predicted octanol–water partition coefficient (Wildman–Crippen LogP) is -3.05. The molecule has 29 heteroatoms. The van der Waals surface area contributed by atoms with E-state index in [0.717, 1.165) is 12.0 Å². The van der Waals surface area contributed by atoms with Crippen LogP contribution in [-0.4, -0.2) is 262 Å².